The first-order valence-corrected chi connectivity index (χ1v) is 14.1. The number of pyridine rings is 2. The van der Waals surface area contributed by atoms with Gasteiger partial charge in [-0.2, -0.15) is 10.2 Å². The number of nitrogens with zero attached hydrogens (tertiary/aromatic N) is 6. The van der Waals surface area contributed by atoms with E-state index in [1.807, 2.05) is 70.3 Å². The molecule has 9 nitrogen and oxygen atoms in total. The van der Waals surface area contributed by atoms with Gasteiger partial charge in [0, 0.05) is 49.3 Å². The summed E-state index contributed by atoms with van der Waals surface area (Å²) in [5.41, 5.74) is 4.26. The van der Waals surface area contributed by atoms with Gasteiger partial charge in [-0.25, -0.2) is 9.97 Å². The Labute approximate surface area is 250 Å². The highest BCUT2D eigenvalue weighted by atomic mass is 16.6. The molecule has 0 aliphatic heterocycles. The van der Waals surface area contributed by atoms with Crippen LogP contribution in [0.2, 0.25) is 0 Å². The van der Waals surface area contributed by atoms with Gasteiger partial charge in [0.25, 0.3) is 0 Å². The summed E-state index contributed by atoms with van der Waals surface area (Å²) in [6.45, 7) is 1.99. The van der Waals surface area contributed by atoms with Crippen molar-refractivity contribution in [3.8, 4) is 11.8 Å². The van der Waals surface area contributed by atoms with Gasteiger partial charge in [-0.1, -0.05) is 60.7 Å². The molecule has 2 aromatic carbocycles. The van der Waals surface area contributed by atoms with Gasteiger partial charge < -0.3 is 14.2 Å². The van der Waals surface area contributed by atoms with E-state index in [4.69, 9.17) is 14.2 Å². The Hall–Kier alpha value is -5.28. The highest BCUT2D eigenvalue weighted by Gasteiger charge is 2.19. The molecule has 216 valence electrons. The molecule has 0 radical (unpaired) electrons. The number of ether oxygens (including phenoxy) is 3. The fourth-order valence-corrected chi connectivity index (χ4v) is 4.64. The summed E-state index contributed by atoms with van der Waals surface area (Å²) in [7, 11) is 0. The van der Waals surface area contributed by atoms with Gasteiger partial charge in [-0.3, -0.25) is 9.36 Å². The van der Waals surface area contributed by atoms with Crippen LogP contribution in [-0.2, 0) is 17.8 Å². The first-order chi connectivity index (χ1) is 21.3. The molecule has 9 heteroatoms. The molecule has 6 rings (SSSR count). The van der Waals surface area contributed by atoms with E-state index in [1.54, 1.807) is 24.8 Å². The van der Waals surface area contributed by atoms with Crippen LogP contribution in [0.4, 0.5) is 0 Å². The number of hydrogen-bond donors (Lipinski definition) is 0. The van der Waals surface area contributed by atoms with E-state index < -0.39 is 0 Å². The Morgan fingerprint density at radius 1 is 0.512 bits per heavy atom. The molecule has 2 atom stereocenters. The standard InChI is InChI=1S/C34H32N6O3/c1-3-17-35-33(7-1)42-31(29-13-9-27(10-14-29)23-39-21-5-19-37-39)25-41-26-32(43-34-8-2-4-18-36-34)30-15-11-28(12-16-30)24-40-22-6-20-38-40/h1-22,31-32H,23-26H2. The lowest BCUT2D eigenvalue weighted by atomic mass is 10.1. The number of rotatable bonds is 14. The number of aromatic nitrogens is 6. The third kappa shape index (κ3) is 7.93. The zero-order valence-electron chi connectivity index (χ0n) is 23.6. The van der Waals surface area contributed by atoms with E-state index in [0.29, 0.717) is 38.1 Å². The summed E-state index contributed by atoms with van der Waals surface area (Å²) in [5.74, 6) is 1.07. The average Bonchev–Trinajstić information content (AvgIpc) is 3.77. The minimum atomic E-state index is -0.374. The van der Waals surface area contributed by atoms with Gasteiger partial charge in [0.05, 0.1) is 26.3 Å². The lowest BCUT2D eigenvalue weighted by Gasteiger charge is -2.23. The highest BCUT2D eigenvalue weighted by molar-refractivity contribution is 5.27. The molecule has 0 amide bonds. The summed E-state index contributed by atoms with van der Waals surface area (Å²) in [4.78, 5) is 8.73. The van der Waals surface area contributed by atoms with E-state index in [9.17, 15) is 0 Å². The normalized spacial score (nSPS) is 12.5. The SMILES string of the molecule is c1ccc(OC(COCC(Oc2ccccn2)c2ccc(Cn3cccn3)cc2)c2ccc(Cn3cccn3)cc2)nc1. The Bertz CT molecular complexity index is 1500. The van der Waals surface area contributed by atoms with Gasteiger partial charge in [0.2, 0.25) is 11.8 Å². The molecule has 0 bridgehead atoms. The van der Waals surface area contributed by atoms with Gasteiger partial charge in [-0.05, 0) is 46.5 Å². The molecule has 0 aliphatic rings. The van der Waals surface area contributed by atoms with Crippen molar-refractivity contribution < 1.29 is 14.2 Å². The van der Waals surface area contributed by atoms with Crippen molar-refractivity contribution in [3.05, 3.63) is 156 Å². The van der Waals surface area contributed by atoms with Crippen molar-refractivity contribution in [2.45, 2.75) is 25.3 Å². The third-order valence-electron chi connectivity index (χ3n) is 6.85. The van der Waals surface area contributed by atoms with Crippen LogP contribution >= 0.6 is 0 Å². The minimum Gasteiger partial charge on any atom is -0.467 e. The molecule has 4 heterocycles. The minimum absolute atomic E-state index is 0.300. The molecule has 4 aromatic heterocycles. The average molecular weight is 573 g/mol. The molecule has 43 heavy (non-hydrogen) atoms. The van der Waals surface area contributed by atoms with Crippen LogP contribution in [0.25, 0.3) is 0 Å². The third-order valence-corrected chi connectivity index (χ3v) is 6.85. The van der Waals surface area contributed by atoms with E-state index in [-0.39, 0.29) is 12.2 Å². The Balaban J connectivity index is 1.16. The van der Waals surface area contributed by atoms with E-state index in [2.05, 4.69) is 68.7 Å². The maximum atomic E-state index is 6.31. The number of hydrogen-bond acceptors (Lipinski definition) is 7. The molecule has 2 unspecified atom stereocenters. The van der Waals surface area contributed by atoms with Gasteiger partial charge >= 0.3 is 0 Å². The summed E-state index contributed by atoms with van der Waals surface area (Å²) < 4.78 is 22.7. The Kier molecular flexibility index (Phi) is 9.11. The summed E-state index contributed by atoms with van der Waals surface area (Å²) >= 11 is 0. The van der Waals surface area contributed by atoms with E-state index >= 15 is 0 Å². The Morgan fingerprint density at radius 3 is 1.35 bits per heavy atom. The van der Waals surface area contributed by atoms with Crippen molar-refractivity contribution in [1.82, 2.24) is 29.5 Å². The zero-order chi connectivity index (χ0) is 29.1. The van der Waals surface area contributed by atoms with Gasteiger partial charge in [0.1, 0.15) is 12.2 Å². The van der Waals surface area contributed by atoms with Gasteiger partial charge in [0.15, 0.2) is 0 Å². The lowest BCUT2D eigenvalue weighted by Crippen LogP contribution is -2.20. The first-order valence-electron chi connectivity index (χ1n) is 14.1. The zero-order valence-corrected chi connectivity index (χ0v) is 23.6. The second-order valence-corrected chi connectivity index (χ2v) is 9.98. The van der Waals surface area contributed by atoms with Crippen LogP contribution in [0.15, 0.2) is 134 Å². The second-order valence-electron chi connectivity index (χ2n) is 9.98. The van der Waals surface area contributed by atoms with Crippen LogP contribution in [0, 0.1) is 0 Å². The van der Waals surface area contributed by atoms with Crippen LogP contribution in [0.1, 0.15) is 34.5 Å². The van der Waals surface area contributed by atoms with Crippen molar-refractivity contribution in [2.24, 2.45) is 0 Å². The monoisotopic (exact) mass is 572 g/mol. The Morgan fingerprint density at radius 2 is 0.977 bits per heavy atom. The fraction of sp³-hybridized carbons (Fsp3) is 0.176. The molecule has 6 aromatic rings. The molecular formula is C34H32N6O3. The lowest BCUT2D eigenvalue weighted by molar-refractivity contribution is 0.00439. The second kappa shape index (κ2) is 14.1. The van der Waals surface area contributed by atoms with Crippen molar-refractivity contribution in [3.63, 3.8) is 0 Å². The largest absolute Gasteiger partial charge is 0.467 e. The predicted molar refractivity (Wildman–Crippen MR) is 162 cm³/mol. The maximum Gasteiger partial charge on any atom is 0.213 e. The predicted octanol–water partition coefficient (Wildman–Crippen LogP) is 5.92. The van der Waals surface area contributed by atoms with Crippen molar-refractivity contribution in [1.29, 1.82) is 0 Å². The fourth-order valence-electron chi connectivity index (χ4n) is 4.64. The van der Waals surface area contributed by atoms with Crippen LogP contribution in [-0.4, -0.2) is 42.7 Å². The molecule has 0 N–H and O–H groups in total. The molecule has 0 fully saturated rings. The first kappa shape index (κ1) is 27.9. The summed E-state index contributed by atoms with van der Waals surface area (Å²) in [6.07, 6.45) is 10.1. The highest BCUT2D eigenvalue weighted by Crippen LogP contribution is 2.25. The number of benzene rings is 2. The van der Waals surface area contributed by atoms with Crippen LogP contribution < -0.4 is 9.47 Å². The summed E-state index contributed by atoms with van der Waals surface area (Å²) in [6, 6.07) is 31.7. The van der Waals surface area contributed by atoms with Crippen molar-refractivity contribution >= 4 is 0 Å². The molecule has 0 saturated carbocycles. The molecular weight excluding hydrogens is 540 g/mol. The smallest absolute Gasteiger partial charge is 0.213 e. The molecule has 0 saturated heterocycles. The van der Waals surface area contributed by atoms with E-state index in [0.717, 1.165) is 22.3 Å². The van der Waals surface area contributed by atoms with Gasteiger partial charge in [-0.15, -0.1) is 0 Å². The van der Waals surface area contributed by atoms with Crippen molar-refractivity contribution in [2.75, 3.05) is 13.2 Å². The summed E-state index contributed by atoms with van der Waals surface area (Å²) in [5, 5.41) is 8.60. The topological polar surface area (TPSA) is 89.1 Å². The van der Waals surface area contributed by atoms with Crippen LogP contribution in [0.3, 0.4) is 0 Å². The van der Waals surface area contributed by atoms with E-state index in [1.165, 1.54) is 0 Å². The van der Waals surface area contributed by atoms with Crippen LogP contribution in [0.5, 0.6) is 11.8 Å². The molecule has 0 spiro atoms. The quantitative estimate of drug-likeness (QED) is 0.160. The maximum absolute atomic E-state index is 6.31. The molecule has 0 aliphatic carbocycles.